The Hall–Kier alpha value is -2.10. The third kappa shape index (κ3) is 4.74. The number of aliphatic hydroxyl groups is 1. The second-order valence-corrected chi connectivity index (χ2v) is 4.77. The highest BCUT2D eigenvalue weighted by Crippen LogP contribution is 2.15. The van der Waals surface area contributed by atoms with Crippen LogP contribution >= 0.6 is 0 Å². The fourth-order valence-electron chi connectivity index (χ4n) is 2.07. The minimum Gasteiger partial charge on any atom is -0.490 e. The Labute approximate surface area is 125 Å². The Kier molecular flexibility index (Phi) is 6.00. The van der Waals surface area contributed by atoms with E-state index in [2.05, 4.69) is 11.9 Å². The van der Waals surface area contributed by atoms with Crippen molar-refractivity contribution < 1.29 is 9.84 Å². The molecule has 0 aliphatic heterocycles. The quantitative estimate of drug-likeness (QED) is 0.732. The van der Waals surface area contributed by atoms with Crippen LogP contribution in [-0.4, -0.2) is 18.3 Å². The predicted molar refractivity (Wildman–Crippen MR) is 85.2 cm³/mol. The molecule has 0 aromatic heterocycles. The van der Waals surface area contributed by atoms with Crippen LogP contribution in [0.4, 0.5) is 0 Å². The van der Waals surface area contributed by atoms with E-state index in [1.165, 1.54) is 0 Å². The van der Waals surface area contributed by atoms with Gasteiger partial charge in [-0.25, -0.2) is 0 Å². The van der Waals surface area contributed by atoms with Crippen LogP contribution in [0.25, 0.3) is 0 Å². The van der Waals surface area contributed by atoms with Gasteiger partial charge in [-0.1, -0.05) is 55.1 Å². The van der Waals surface area contributed by atoms with Gasteiger partial charge >= 0.3 is 0 Å². The average Bonchev–Trinajstić information content (AvgIpc) is 2.55. The molecule has 2 rings (SSSR count). The molecule has 2 N–H and O–H groups in total. The molecule has 1 unspecified atom stereocenters. The van der Waals surface area contributed by atoms with Crippen molar-refractivity contribution in [3.63, 3.8) is 0 Å². The van der Waals surface area contributed by atoms with Gasteiger partial charge in [0.2, 0.25) is 0 Å². The summed E-state index contributed by atoms with van der Waals surface area (Å²) in [6.07, 6.45) is 1.72. The van der Waals surface area contributed by atoms with Crippen molar-refractivity contribution in [2.45, 2.75) is 12.6 Å². The number of rotatable bonds is 8. The van der Waals surface area contributed by atoms with Crippen LogP contribution < -0.4 is 10.1 Å². The van der Waals surface area contributed by atoms with Gasteiger partial charge in [0.05, 0.1) is 12.6 Å². The highest BCUT2D eigenvalue weighted by molar-refractivity contribution is 5.27. The van der Waals surface area contributed by atoms with Gasteiger partial charge in [0.15, 0.2) is 0 Å². The molecule has 0 heterocycles. The molecule has 3 nitrogen and oxygen atoms in total. The normalized spacial score (nSPS) is 11.9. The molecule has 0 aliphatic rings. The number of aliphatic hydroxyl groups excluding tert-OH is 1. The summed E-state index contributed by atoms with van der Waals surface area (Å²) in [5, 5.41) is 12.9. The van der Waals surface area contributed by atoms with Gasteiger partial charge in [0.1, 0.15) is 12.4 Å². The summed E-state index contributed by atoms with van der Waals surface area (Å²) in [4.78, 5) is 0. The van der Waals surface area contributed by atoms with Crippen LogP contribution in [-0.2, 0) is 6.54 Å². The Bertz CT molecular complexity index is 537. The van der Waals surface area contributed by atoms with E-state index in [-0.39, 0.29) is 12.6 Å². The zero-order valence-electron chi connectivity index (χ0n) is 12.0. The lowest BCUT2D eigenvalue weighted by Crippen LogP contribution is -2.23. The van der Waals surface area contributed by atoms with E-state index < -0.39 is 0 Å². The molecule has 1 atom stereocenters. The van der Waals surface area contributed by atoms with Gasteiger partial charge in [-0.3, -0.25) is 0 Å². The monoisotopic (exact) mass is 283 g/mol. The molecule has 0 fully saturated rings. The molecular weight excluding hydrogens is 262 g/mol. The standard InChI is InChI=1S/C18H21NO2/c1-2-12-21-17-10-8-15(9-11-17)13-19-18(14-20)16-6-4-3-5-7-16/h2-11,18-20H,1,12-14H2. The van der Waals surface area contributed by atoms with Crippen molar-refractivity contribution in [1.82, 2.24) is 5.32 Å². The van der Waals surface area contributed by atoms with Crippen molar-refractivity contribution in [2.75, 3.05) is 13.2 Å². The SMILES string of the molecule is C=CCOc1ccc(CNC(CO)c2ccccc2)cc1. The van der Waals surface area contributed by atoms with E-state index in [0.29, 0.717) is 13.2 Å². The smallest absolute Gasteiger partial charge is 0.119 e. The van der Waals surface area contributed by atoms with Gasteiger partial charge in [-0.15, -0.1) is 0 Å². The summed E-state index contributed by atoms with van der Waals surface area (Å²) in [6, 6.07) is 17.8. The number of ether oxygens (including phenoxy) is 1. The fourth-order valence-corrected chi connectivity index (χ4v) is 2.07. The van der Waals surface area contributed by atoms with E-state index in [0.717, 1.165) is 16.9 Å². The summed E-state index contributed by atoms with van der Waals surface area (Å²) in [5.74, 6) is 0.834. The highest BCUT2D eigenvalue weighted by atomic mass is 16.5. The predicted octanol–water partition coefficient (Wildman–Crippen LogP) is 3.07. The molecule has 0 amide bonds. The van der Waals surface area contributed by atoms with E-state index in [1.807, 2.05) is 54.6 Å². The first-order valence-corrected chi connectivity index (χ1v) is 7.05. The van der Waals surface area contributed by atoms with Crippen LogP contribution in [0.2, 0.25) is 0 Å². The summed E-state index contributed by atoms with van der Waals surface area (Å²) in [6.45, 7) is 4.90. The molecule has 2 aromatic rings. The molecular formula is C18H21NO2. The zero-order chi connectivity index (χ0) is 14.9. The first kappa shape index (κ1) is 15.3. The lowest BCUT2D eigenvalue weighted by molar-refractivity contribution is 0.243. The Balaban J connectivity index is 1.91. The first-order valence-electron chi connectivity index (χ1n) is 7.05. The van der Waals surface area contributed by atoms with Gasteiger partial charge in [-0.2, -0.15) is 0 Å². The summed E-state index contributed by atoms with van der Waals surface area (Å²) in [5.41, 5.74) is 2.24. The average molecular weight is 283 g/mol. The van der Waals surface area contributed by atoms with Crippen molar-refractivity contribution in [2.24, 2.45) is 0 Å². The summed E-state index contributed by atoms with van der Waals surface area (Å²) >= 11 is 0. The Morgan fingerprint density at radius 1 is 1.10 bits per heavy atom. The second kappa shape index (κ2) is 8.25. The van der Waals surface area contributed by atoms with Gasteiger partial charge in [0, 0.05) is 6.54 Å². The number of hydrogen-bond donors (Lipinski definition) is 2. The number of benzene rings is 2. The molecule has 0 radical (unpaired) electrons. The van der Waals surface area contributed by atoms with E-state index in [4.69, 9.17) is 4.74 Å². The van der Waals surface area contributed by atoms with Crippen molar-refractivity contribution >= 4 is 0 Å². The number of hydrogen-bond acceptors (Lipinski definition) is 3. The maximum atomic E-state index is 9.51. The largest absolute Gasteiger partial charge is 0.490 e. The third-order valence-electron chi connectivity index (χ3n) is 3.23. The fraction of sp³-hybridized carbons (Fsp3) is 0.222. The molecule has 0 spiro atoms. The molecule has 0 bridgehead atoms. The van der Waals surface area contributed by atoms with Crippen LogP contribution in [0.3, 0.4) is 0 Å². The molecule has 21 heavy (non-hydrogen) atoms. The Morgan fingerprint density at radius 2 is 1.81 bits per heavy atom. The summed E-state index contributed by atoms with van der Waals surface area (Å²) < 4.78 is 5.45. The molecule has 3 heteroatoms. The molecule has 2 aromatic carbocycles. The lowest BCUT2D eigenvalue weighted by Gasteiger charge is -2.17. The van der Waals surface area contributed by atoms with E-state index >= 15 is 0 Å². The Morgan fingerprint density at radius 3 is 2.43 bits per heavy atom. The maximum absolute atomic E-state index is 9.51. The zero-order valence-corrected chi connectivity index (χ0v) is 12.0. The van der Waals surface area contributed by atoms with E-state index in [1.54, 1.807) is 6.08 Å². The van der Waals surface area contributed by atoms with Gasteiger partial charge < -0.3 is 15.2 Å². The van der Waals surface area contributed by atoms with Gasteiger partial charge in [0.25, 0.3) is 0 Å². The maximum Gasteiger partial charge on any atom is 0.119 e. The van der Waals surface area contributed by atoms with Gasteiger partial charge in [-0.05, 0) is 23.3 Å². The number of nitrogens with one attached hydrogen (secondary N) is 1. The molecule has 110 valence electrons. The van der Waals surface area contributed by atoms with Crippen LogP contribution in [0, 0.1) is 0 Å². The van der Waals surface area contributed by atoms with Crippen molar-refractivity contribution in [3.05, 3.63) is 78.4 Å². The minimum absolute atomic E-state index is 0.0529. The second-order valence-electron chi connectivity index (χ2n) is 4.77. The third-order valence-corrected chi connectivity index (χ3v) is 3.23. The highest BCUT2D eigenvalue weighted by Gasteiger charge is 2.08. The molecule has 0 saturated carbocycles. The van der Waals surface area contributed by atoms with E-state index in [9.17, 15) is 5.11 Å². The minimum atomic E-state index is -0.0529. The van der Waals surface area contributed by atoms with Crippen molar-refractivity contribution in [1.29, 1.82) is 0 Å². The summed E-state index contributed by atoms with van der Waals surface area (Å²) in [7, 11) is 0. The molecule has 0 aliphatic carbocycles. The van der Waals surface area contributed by atoms with Crippen LogP contribution in [0.1, 0.15) is 17.2 Å². The topological polar surface area (TPSA) is 41.5 Å². The van der Waals surface area contributed by atoms with Crippen LogP contribution in [0.15, 0.2) is 67.3 Å². The van der Waals surface area contributed by atoms with Crippen LogP contribution in [0.5, 0.6) is 5.75 Å². The molecule has 0 saturated heterocycles. The van der Waals surface area contributed by atoms with Crippen molar-refractivity contribution in [3.8, 4) is 5.75 Å². The first-order chi connectivity index (χ1) is 10.3. The lowest BCUT2D eigenvalue weighted by atomic mass is 10.1.